The van der Waals surface area contributed by atoms with E-state index in [1.807, 2.05) is 6.92 Å². The predicted molar refractivity (Wildman–Crippen MR) is 125 cm³/mol. The molecule has 6 rings (SSSR count). The molecule has 2 aromatic heterocycles. The lowest BCUT2D eigenvalue weighted by molar-refractivity contribution is -0.138. The van der Waals surface area contributed by atoms with Gasteiger partial charge >= 0.3 is 6.18 Å². The zero-order valence-corrected chi connectivity index (χ0v) is 20.0. The van der Waals surface area contributed by atoms with Crippen LogP contribution >= 0.6 is 11.5 Å². The average Bonchev–Trinajstić information content (AvgIpc) is 3.48. The fourth-order valence-electron chi connectivity index (χ4n) is 6.07. The Balaban J connectivity index is 1.24. The van der Waals surface area contributed by atoms with Gasteiger partial charge in [0, 0.05) is 31.6 Å². The van der Waals surface area contributed by atoms with Gasteiger partial charge in [0.2, 0.25) is 5.95 Å². The van der Waals surface area contributed by atoms with E-state index in [2.05, 4.69) is 30.7 Å². The molecule has 1 saturated carbocycles. The Morgan fingerprint density at radius 1 is 1.09 bits per heavy atom. The van der Waals surface area contributed by atoms with Gasteiger partial charge in [-0.15, -0.1) is 5.10 Å². The van der Waals surface area contributed by atoms with Crippen LogP contribution in [0.15, 0.2) is 24.3 Å². The smallest absolute Gasteiger partial charge is 0.361 e. The van der Waals surface area contributed by atoms with Crippen LogP contribution in [0.2, 0.25) is 0 Å². The number of benzene rings is 1. The van der Waals surface area contributed by atoms with Crippen LogP contribution in [0.4, 0.5) is 28.5 Å². The van der Waals surface area contributed by atoms with E-state index < -0.39 is 23.5 Å². The number of fused-ring (bicyclic) bond motifs is 3. The number of nitrogens with one attached hydrogen (secondary N) is 1. The van der Waals surface area contributed by atoms with Gasteiger partial charge in [-0.25, -0.2) is 9.07 Å². The number of aromatic nitrogens is 4. The van der Waals surface area contributed by atoms with Gasteiger partial charge in [0.15, 0.2) is 0 Å². The Morgan fingerprint density at radius 3 is 2.54 bits per heavy atom. The van der Waals surface area contributed by atoms with E-state index >= 15 is 0 Å². The number of hydrogen-bond acceptors (Lipinski definition) is 6. The second-order valence-corrected chi connectivity index (χ2v) is 10.7. The Bertz CT molecular complexity index is 1220. The number of aryl methyl sites for hydroxylation is 2. The van der Waals surface area contributed by atoms with Crippen molar-refractivity contribution in [2.24, 2.45) is 11.8 Å². The quantitative estimate of drug-likeness (QED) is 0.477. The van der Waals surface area contributed by atoms with Crippen molar-refractivity contribution in [2.75, 3.05) is 23.3 Å². The molecule has 2 bridgehead atoms. The number of rotatable bonds is 4. The lowest BCUT2D eigenvalue weighted by Crippen LogP contribution is -2.48. The summed E-state index contributed by atoms with van der Waals surface area (Å²) in [6.45, 7) is 4.50. The molecular formula is C24H26F4N6S. The zero-order chi connectivity index (χ0) is 24.3. The van der Waals surface area contributed by atoms with Crippen molar-refractivity contribution < 1.29 is 17.6 Å². The highest BCUT2D eigenvalue weighted by Gasteiger charge is 2.43. The number of halogens is 4. The van der Waals surface area contributed by atoms with Crippen LogP contribution in [0, 0.1) is 24.6 Å². The number of anilines is 2. The molecule has 6 nitrogen and oxygen atoms in total. The minimum atomic E-state index is -4.63. The molecule has 4 atom stereocenters. The third-order valence-electron chi connectivity index (χ3n) is 7.63. The highest BCUT2D eigenvalue weighted by Crippen LogP contribution is 2.43. The van der Waals surface area contributed by atoms with Crippen LogP contribution in [0.25, 0.3) is 0 Å². The molecule has 2 aliphatic heterocycles. The molecule has 0 radical (unpaired) electrons. The van der Waals surface area contributed by atoms with E-state index in [0.29, 0.717) is 49.1 Å². The second kappa shape index (κ2) is 8.46. The van der Waals surface area contributed by atoms with Gasteiger partial charge in [0.1, 0.15) is 16.6 Å². The molecule has 35 heavy (non-hydrogen) atoms. The highest BCUT2D eigenvalue weighted by molar-refractivity contribution is 7.10. The maximum Gasteiger partial charge on any atom is 0.416 e. The summed E-state index contributed by atoms with van der Waals surface area (Å²) in [6.07, 6.45) is -1.18. The lowest BCUT2D eigenvalue weighted by Gasteiger charge is -2.38. The van der Waals surface area contributed by atoms with Crippen LogP contribution in [-0.2, 0) is 12.7 Å². The van der Waals surface area contributed by atoms with E-state index in [1.54, 1.807) is 4.68 Å². The SMILES string of the molecule is Cc1cc(N2C[C@H]3CC[C@@H](C2)C3Nc2nc3n(n2)CCCC3c2ccc(F)cc2C(F)(F)F)sn1. The summed E-state index contributed by atoms with van der Waals surface area (Å²) in [5.74, 6) is 0.420. The van der Waals surface area contributed by atoms with Crippen molar-refractivity contribution in [2.45, 2.75) is 57.3 Å². The third kappa shape index (κ3) is 4.17. The topological polar surface area (TPSA) is 58.9 Å². The van der Waals surface area contributed by atoms with E-state index in [-0.39, 0.29) is 11.6 Å². The van der Waals surface area contributed by atoms with Gasteiger partial charge < -0.3 is 10.2 Å². The monoisotopic (exact) mass is 506 g/mol. The fraction of sp³-hybridized carbons (Fsp3) is 0.542. The van der Waals surface area contributed by atoms with Crippen LogP contribution in [0.5, 0.6) is 0 Å². The van der Waals surface area contributed by atoms with Gasteiger partial charge in [-0.05, 0) is 79.7 Å². The first-order valence-electron chi connectivity index (χ1n) is 12.0. The molecule has 4 heterocycles. The average molecular weight is 507 g/mol. The minimum Gasteiger partial charge on any atom is -0.361 e. The van der Waals surface area contributed by atoms with Gasteiger partial charge in [-0.2, -0.15) is 22.5 Å². The second-order valence-electron chi connectivity index (χ2n) is 9.92. The molecular weight excluding hydrogens is 480 g/mol. The number of alkyl halides is 3. The lowest BCUT2D eigenvalue weighted by atomic mass is 9.87. The number of hydrogen-bond donors (Lipinski definition) is 1. The predicted octanol–water partition coefficient (Wildman–Crippen LogP) is 5.45. The fourth-order valence-corrected chi connectivity index (χ4v) is 6.85. The first-order chi connectivity index (χ1) is 16.8. The molecule has 0 amide bonds. The number of nitrogens with zero attached hydrogens (tertiary/aromatic N) is 5. The summed E-state index contributed by atoms with van der Waals surface area (Å²) in [5, 5.41) is 9.37. The molecule has 3 aliphatic rings. The van der Waals surface area contributed by atoms with Crippen molar-refractivity contribution in [3.05, 3.63) is 52.7 Å². The summed E-state index contributed by atoms with van der Waals surface area (Å²) >= 11 is 1.54. The van der Waals surface area contributed by atoms with Crippen molar-refractivity contribution in [3.63, 3.8) is 0 Å². The molecule has 0 spiro atoms. The molecule has 1 saturated heterocycles. The molecule has 1 aliphatic carbocycles. The van der Waals surface area contributed by atoms with E-state index in [4.69, 9.17) is 0 Å². The standard InChI is InChI=1S/C24H26F4N6S/c1-13-9-20(35-32-13)33-11-14-4-5-15(12-33)21(14)29-23-30-22-18(3-2-8-34(22)31-23)17-7-6-16(25)10-19(17)24(26,27)28/h6-7,9-10,14-15,18,21H,2-5,8,11-12H2,1H3,(H,29,31)/t14-,15+,18?,21?. The maximum absolute atomic E-state index is 13.7. The molecule has 186 valence electrons. The maximum atomic E-state index is 13.7. The molecule has 11 heteroatoms. The molecule has 1 N–H and O–H groups in total. The zero-order valence-electron chi connectivity index (χ0n) is 19.2. The van der Waals surface area contributed by atoms with Crippen LogP contribution < -0.4 is 10.2 Å². The van der Waals surface area contributed by atoms with Crippen LogP contribution in [0.1, 0.15) is 54.2 Å². The van der Waals surface area contributed by atoms with Crippen molar-refractivity contribution >= 4 is 22.5 Å². The molecule has 3 aromatic rings. The summed E-state index contributed by atoms with van der Waals surface area (Å²) < 4.78 is 60.9. The molecule has 2 fully saturated rings. The van der Waals surface area contributed by atoms with E-state index in [1.165, 1.54) is 22.6 Å². The summed E-state index contributed by atoms with van der Waals surface area (Å²) in [5.41, 5.74) is 0.166. The Labute approximate surface area is 204 Å². The summed E-state index contributed by atoms with van der Waals surface area (Å²) in [7, 11) is 0. The van der Waals surface area contributed by atoms with E-state index in [0.717, 1.165) is 37.7 Å². The van der Waals surface area contributed by atoms with Gasteiger partial charge in [-0.3, -0.25) is 0 Å². The minimum absolute atomic E-state index is 0.0621. The van der Waals surface area contributed by atoms with Crippen molar-refractivity contribution in [1.82, 2.24) is 19.1 Å². The molecule has 2 unspecified atom stereocenters. The first kappa shape index (κ1) is 22.8. The largest absolute Gasteiger partial charge is 0.416 e. The summed E-state index contributed by atoms with van der Waals surface area (Å²) in [6, 6.07) is 5.29. The Kier molecular flexibility index (Phi) is 5.50. The normalized spacial score (nSPS) is 26.1. The van der Waals surface area contributed by atoms with Gasteiger partial charge in [0.25, 0.3) is 0 Å². The molecule has 1 aromatic carbocycles. The summed E-state index contributed by atoms with van der Waals surface area (Å²) in [4.78, 5) is 7.10. The van der Waals surface area contributed by atoms with Gasteiger partial charge in [0.05, 0.1) is 11.3 Å². The van der Waals surface area contributed by atoms with Gasteiger partial charge in [-0.1, -0.05) is 6.07 Å². The van der Waals surface area contributed by atoms with Crippen molar-refractivity contribution in [1.29, 1.82) is 0 Å². The number of piperidine rings is 1. The first-order valence-corrected chi connectivity index (χ1v) is 12.8. The van der Waals surface area contributed by atoms with Crippen molar-refractivity contribution in [3.8, 4) is 0 Å². The van der Waals surface area contributed by atoms with Crippen LogP contribution in [0.3, 0.4) is 0 Å². The Morgan fingerprint density at radius 2 is 1.86 bits per heavy atom. The van der Waals surface area contributed by atoms with Crippen LogP contribution in [-0.4, -0.2) is 38.3 Å². The highest BCUT2D eigenvalue weighted by atomic mass is 32.1. The van der Waals surface area contributed by atoms with E-state index in [9.17, 15) is 17.6 Å². The Hall–Kier alpha value is -2.69. The third-order valence-corrected chi connectivity index (χ3v) is 8.57.